The summed E-state index contributed by atoms with van der Waals surface area (Å²) in [6.07, 6.45) is 0. The van der Waals surface area contributed by atoms with Crippen LogP contribution in [0.2, 0.25) is 0 Å². The molecule has 13 heavy (non-hydrogen) atoms. The van der Waals surface area contributed by atoms with Crippen LogP contribution < -0.4 is 0 Å². The number of halogens is 1. The Morgan fingerprint density at radius 1 is 1.31 bits per heavy atom. The Morgan fingerprint density at radius 3 is 2.15 bits per heavy atom. The Balaban J connectivity index is 2.99. The summed E-state index contributed by atoms with van der Waals surface area (Å²) in [6.45, 7) is 3.87. The van der Waals surface area contributed by atoms with Crippen LogP contribution in [0.4, 0.5) is 4.39 Å². The lowest BCUT2D eigenvalue weighted by molar-refractivity contribution is -0.0731. The number of hydrogen-bond donors (Lipinski definition) is 1. The van der Waals surface area contributed by atoms with Gasteiger partial charge in [0.25, 0.3) is 0 Å². The number of aryl methyl sites for hydroxylation is 2. The van der Waals surface area contributed by atoms with E-state index in [0.717, 1.165) is 10.6 Å². The summed E-state index contributed by atoms with van der Waals surface area (Å²) in [7, 11) is 1.56. The van der Waals surface area contributed by atoms with Gasteiger partial charge in [-0.2, -0.15) is 5.06 Å². The lowest BCUT2D eigenvalue weighted by Gasteiger charge is -2.10. The second-order valence-electron chi connectivity index (χ2n) is 3.36. The van der Waals surface area contributed by atoms with Crippen LogP contribution in [-0.2, 0) is 6.54 Å². The number of nitrogens with zero attached hydrogens (tertiary/aromatic N) is 1. The predicted molar refractivity (Wildman–Crippen MR) is 49.1 cm³/mol. The minimum absolute atomic E-state index is 0.163. The van der Waals surface area contributed by atoms with E-state index in [4.69, 9.17) is 5.21 Å². The highest BCUT2D eigenvalue weighted by molar-refractivity contribution is 5.30. The minimum Gasteiger partial charge on any atom is -0.314 e. The molecule has 3 heteroatoms. The largest absolute Gasteiger partial charge is 0.314 e. The molecule has 0 aromatic heterocycles. The fraction of sp³-hybridized carbons (Fsp3) is 0.400. The molecule has 1 N–H and O–H groups in total. The van der Waals surface area contributed by atoms with E-state index in [9.17, 15) is 4.39 Å². The molecule has 0 bridgehead atoms. The third kappa shape index (κ3) is 2.50. The molecule has 1 aromatic carbocycles. The molecular formula is C10H14FNO. The van der Waals surface area contributed by atoms with Crippen molar-refractivity contribution in [2.24, 2.45) is 0 Å². The van der Waals surface area contributed by atoms with Crippen molar-refractivity contribution in [3.63, 3.8) is 0 Å². The van der Waals surface area contributed by atoms with Crippen molar-refractivity contribution in [3.05, 3.63) is 34.6 Å². The van der Waals surface area contributed by atoms with Crippen molar-refractivity contribution >= 4 is 0 Å². The van der Waals surface area contributed by atoms with Crippen molar-refractivity contribution < 1.29 is 9.60 Å². The van der Waals surface area contributed by atoms with Gasteiger partial charge in [-0.3, -0.25) is 0 Å². The fourth-order valence-electron chi connectivity index (χ4n) is 1.39. The molecule has 72 valence electrons. The van der Waals surface area contributed by atoms with Crippen LogP contribution in [-0.4, -0.2) is 17.3 Å². The third-order valence-electron chi connectivity index (χ3n) is 1.91. The summed E-state index contributed by atoms with van der Waals surface area (Å²) in [6, 6.07) is 3.49. The lowest BCUT2D eigenvalue weighted by Crippen LogP contribution is -2.12. The van der Waals surface area contributed by atoms with Crippen LogP contribution in [0, 0.1) is 19.7 Å². The standard InChI is InChI=1S/C10H14FNO/c1-7-4-9(6-12(3)13)5-8(2)10(7)11/h4-5,13H,6H2,1-3H3. The summed E-state index contributed by atoms with van der Waals surface area (Å²) in [5, 5.41) is 10.1. The normalized spacial score (nSPS) is 10.9. The van der Waals surface area contributed by atoms with Crippen molar-refractivity contribution in [1.29, 1.82) is 0 Å². The van der Waals surface area contributed by atoms with Crippen LogP contribution in [0.25, 0.3) is 0 Å². The molecule has 0 fully saturated rings. The zero-order valence-corrected chi connectivity index (χ0v) is 8.13. The van der Waals surface area contributed by atoms with Gasteiger partial charge in [0.2, 0.25) is 0 Å². The molecule has 0 unspecified atom stereocenters. The average Bonchev–Trinajstić information content (AvgIpc) is 1.98. The SMILES string of the molecule is Cc1cc(CN(C)O)cc(C)c1F. The van der Waals surface area contributed by atoms with Gasteiger partial charge in [0.1, 0.15) is 5.82 Å². The first-order chi connectivity index (χ1) is 6.00. The topological polar surface area (TPSA) is 23.5 Å². The average molecular weight is 183 g/mol. The summed E-state index contributed by atoms with van der Waals surface area (Å²) < 4.78 is 13.2. The molecule has 2 nitrogen and oxygen atoms in total. The molecule has 1 rings (SSSR count). The molecule has 0 heterocycles. The Kier molecular flexibility index (Phi) is 3.01. The van der Waals surface area contributed by atoms with Gasteiger partial charge < -0.3 is 5.21 Å². The third-order valence-corrected chi connectivity index (χ3v) is 1.91. The molecular weight excluding hydrogens is 169 g/mol. The molecule has 0 radical (unpaired) electrons. The predicted octanol–water partition coefficient (Wildman–Crippen LogP) is 2.26. The number of hydrogen-bond acceptors (Lipinski definition) is 2. The Bertz CT molecular complexity index is 287. The van der Waals surface area contributed by atoms with Gasteiger partial charge in [0.05, 0.1) is 0 Å². The number of hydroxylamine groups is 2. The first-order valence-corrected chi connectivity index (χ1v) is 4.16. The van der Waals surface area contributed by atoms with Gasteiger partial charge in [-0.05, 0) is 30.5 Å². The first kappa shape index (κ1) is 10.2. The molecule has 0 aliphatic carbocycles. The maximum atomic E-state index is 13.2. The summed E-state index contributed by atoms with van der Waals surface area (Å²) in [5.74, 6) is -0.163. The van der Waals surface area contributed by atoms with Crippen LogP contribution in [0.1, 0.15) is 16.7 Å². The molecule has 0 atom stereocenters. The Hall–Kier alpha value is -0.930. The number of rotatable bonds is 2. The van der Waals surface area contributed by atoms with E-state index < -0.39 is 0 Å². The van der Waals surface area contributed by atoms with E-state index in [2.05, 4.69) is 0 Å². The van der Waals surface area contributed by atoms with Crippen molar-refractivity contribution in [3.8, 4) is 0 Å². The number of benzene rings is 1. The zero-order valence-electron chi connectivity index (χ0n) is 8.13. The molecule has 0 aliphatic rings. The maximum Gasteiger partial charge on any atom is 0.129 e. The van der Waals surface area contributed by atoms with Crippen molar-refractivity contribution in [2.75, 3.05) is 7.05 Å². The molecule has 1 aromatic rings. The van der Waals surface area contributed by atoms with Crippen molar-refractivity contribution in [2.45, 2.75) is 20.4 Å². The summed E-state index contributed by atoms with van der Waals surface area (Å²) in [5.41, 5.74) is 2.16. The highest BCUT2D eigenvalue weighted by atomic mass is 19.1. The van der Waals surface area contributed by atoms with Crippen LogP contribution in [0.15, 0.2) is 12.1 Å². The van der Waals surface area contributed by atoms with Gasteiger partial charge in [0, 0.05) is 13.6 Å². The minimum atomic E-state index is -0.163. The smallest absolute Gasteiger partial charge is 0.129 e. The summed E-state index contributed by atoms with van der Waals surface area (Å²) >= 11 is 0. The highest BCUT2D eigenvalue weighted by Crippen LogP contribution is 2.15. The first-order valence-electron chi connectivity index (χ1n) is 4.16. The molecule has 0 amide bonds. The van der Waals surface area contributed by atoms with Gasteiger partial charge >= 0.3 is 0 Å². The van der Waals surface area contributed by atoms with E-state index in [1.807, 2.05) is 0 Å². The second-order valence-corrected chi connectivity index (χ2v) is 3.36. The highest BCUT2D eigenvalue weighted by Gasteiger charge is 2.04. The van der Waals surface area contributed by atoms with E-state index in [-0.39, 0.29) is 5.82 Å². The van der Waals surface area contributed by atoms with Crippen LogP contribution in [0.5, 0.6) is 0 Å². The summed E-state index contributed by atoms with van der Waals surface area (Å²) in [4.78, 5) is 0. The fourth-order valence-corrected chi connectivity index (χ4v) is 1.39. The molecule has 0 spiro atoms. The quantitative estimate of drug-likeness (QED) is 0.711. The van der Waals surface area contributed by atoms with Gasteiger partial charge in [-0.25, -0.2) is 4.39 Å². The van der Waals surface area contributed by atoms with Gasteiger partial charge in [0.15, 0.2) is 0 Å². The van der Waals surface area contributed by atoms with Gasteiger partial charge in [-0.15, -0.1) is 0 Å². The van der Waals surface area contributed by atoms with Crippen molar-refractivity contribution in [1.82, 2.24) is 5.06 Å². The maximum absolute atomic E-state index is 13.2. The second kappa shape index (κ2) is 3.85. The molecule has 0 aliphatic heterocycles. The van der Waals surface area contributed by atoms with E-state index in [0.29, 0.717) is 17.7 Å². The Morgan fingerprint density at radius 2 is 1.77 bits per heavy atom. The molecule has 0 saturated carbocycles. The van der Waals surface area contributed by atoms with E-state index >= 15 is 0 Å². The zero-order chi connectivity index (χ0) is 10.0. The lowest BCUT2D eigenvalue weighted by atomic mass is 10.1. The van der Waals surface area contributed by atoms with Gasteiger partial charge in [-0.1, -0.05) is 12.1 Å². The van der Waals surface area contributed by atoms with E-state index in [1.165, 1.54) is 0 Å². The van der Waals surface area contributed by atoms with Crippen LogP contribution in [0.3, 0.4) is 0 Å². The van der Waals surface area contributed by atoms with Crippen LogP contribution >= 0.6 is 0 Å². The Labute approximate surface area is 77.6 Å². The monoisotopic (exact) mass is 183 g/mol. The molecule has 0 saturated heterocycles. The van der Waals surface area contributed by atoms with E-state index in [1.54, 1.807) is 33.0 Å².